The van der Waals surface area contributed by atoms with Crippen LogP contribution in [0.3, 0.4) is 0 Å². The molecule has 0 radical (unpaired) electrons. The number of nitrogens with zero attached hydrogens (tertiary/aromatic N) is 3. The van der Waals surface area contributed by atoms with Gasteiger partial charge in [-0.2, -0.15) is 0 Å². The summed E-state index contributed by atoms with van der Waals surface area (Å²) in [4.78, 5) is 9.89. The third kappa shape index (κ3) is 3.17. The Labute approximate surface area is 111 Å². The van der Waals surface area contributed by atoms with Gasteiger partial charge in [0.2, 0.25) is 0 Å². The zero-order valence-corrected chi connectivity index (χ0v) is 10.7. The number of para-hydroxylation sites is 1. The second-order valence-electron chi connectivity index (χ2n) is 3.99. The van der Waals surface area contributed by atoms with Crippen LogP contribution in [0, 0.1) is 5.82 Å². The maximum Gasteiger partial charge on any atom is 0.146 e. The summed E-state index contributed by atoms with van der Waals surface area (Å²) in [5.41, 5.74) is 5.88. The molecule has 1 aromatic carbocycles. The van der Waals surface area contributed by atoms with Gasteiger partial charge in [0, 0.05) is 26.2 Å². The van der Waals surface area contributed by atoms with Gasteiger partial charge in [-0.05, 0) is 12.1 Å². The van der Waals surface area contributed by atoms with Crippen LogP contribution in [0.15, 0.2) is 36.7 Å². The smallest absolute Gasteiger partial charge is 0.146 e. The summed E-state index contributed by atoms with van der Waals surface area (Å²) in [6, 6.07) is 8.30. The number of nitrogens with one attached hydrogen (secondary N) is 1. The summed E-state index contributed by atoms with van der Waals surface area (Å²) >= 11 is 0. The van der Waals surface area contributed by atoms with Gasteiger partial charge in [0.1, 0.15) is 23.8 Å². The Morgan fingerprint density at radius 1 is 1.32 bits per heavy atom. The van der Waals surface area contributed by atoms with Gasteiger partial charge < -0.3 is 16.0 Å². The molecule has 0 bridgehead atoms. The predicted molar refractivity (Wildman–Crippen MR) is 74.0 cm³/mol. The Balaban J connectivity index is 2.24. The number of benzene rings is 1. The maximum atomic E-state index is 13.7. The highest BCUT2D eigenvalue weighted by molar-refractivity contribution is 5.61. The standard InChI is InChI=1S/C13H16FN5/c1-19(11-5-3-2-4-10(11)14)13-8-12(16-7-6-15)17-9-18-13/h2-5,8-9H,6-7,15H2,1H3,(H,16,17,18). The zero-order chi connectivity index (χ0) is 13.7. The number of nitrogens with two attached hydrogens (primary N) is 1. The molecule has 2 rings (SSSR count). The lowest BCUT2D eigenvalue weighted by Gasteiger charge is -2.19. The predicted octanol–water partition coefficient (Wildman–Crippen LogP) is 1.75. The molecule has 100 valence electrons. The van der Waals surface area contributed by atoms with Crippen LogP contribution >= 0.6 is 0 Å². The minimum absolute atomic E-state index is 0.292. The van der Waals surface area contributed by atoms with Crippen LogP contribution in [0.25, 0.3) is 0 Å². The lowest BCUT2D eigenvalue weighted by Crippen LogP contribution is -2.16. The van der Waals surface area contributed by atoms with Gasteiger partial charge in [0.25, 0.3) is 0 Å². The molecule has 0 aliphatic rings. The van der Waals surface area contributed by atoms with E-state index in [1.807, 2.05) is 0 Å². The molecule has 1 aromatic heterocycles. The van der Waals surface area contributed by atoms with Crippen molar-refractivity contribution < 1.29 is 4.39 Å². The van der Waals surface area contributed by atoms with Crippen molar-refractivity contribution in [2.75, 3.05) is 30.4 Å². The lowest BCUT2D eigenvalue weighted by molar-refractivity contribution is 0.627. The molecule has 0 saturated carbocycles. The van der Waals surface area contributed by atoms with Gasteiger partial charge in [0.15, 0.2) is 0 Å². The number of hydrogen-bond acceptors (Lipinski definition) is 5. The van der Waals surface area contributed by atoms with Gasteiger partial charge in [0.05, 0.1) is 5.69 Å². The Morgan fingerprint density at radius 3 is 2.84 bits per heavy atom. The molecule has 0 spiro atoms. The summed E-state index contributed by atoms with van der Waals surface area (Å²) in [5.74, 6) is 0.985. The van der Waals surface area contributed by atoms with E-state index >= 15 is 0 Å². The molecule has 0 aliphatic heterocycles. The first kappa shape index (κ1) is 13.2. The van der Waals surface area contributed by atoms with Crippen molar-refractivity contribution in [3.63, 3.8) is 0 Å². The van der Waals surface area contributed by atoms with E-state index in [0.717, 1.165) is 0 Å². The minimum atomic E-state index is -0.292. The van der Waals surface area contributed by atoms with Crippen LogP contribution in [-0.2, 0) is 0 Å². The quantitative estimate of drug-likeness (QED) is 0.858. The monoisotopic (exact) mass is 261 g/mol. The number of hydrogen-bond donors (Lipinski definition) is 2. The molecule has 0 aliphatic carbocycles. The second-order valence-corrected chi connectivity index (χ2v) is 3.99. The largest absolute Gasteiger partial charge is 0.369 e. The topological polar surface area (TPSA) is 67.1 Å². The van der Waals surface area contributed by atoms with Crippen molar-refractivity contribution in [2.24, 2.45) is 5.73 Å². The fourth-order valence-corrected chi connectivity index (χ4v) is 1.67. The van der Waals surface area contributed by atoms with E-state index in [1.165, 1.54) is 12.4 Å². The van der Waals surface area contributed by atoms with Crippen LogP contribution in [0.1, 0.15) is 0 Å². The van der Waals surface area contributed by atoms with Gasteiger partial charge in [-0.3, -0.25) is 0 Å². The molecule has 0 fully saturated rings. The molecule has 6 heteroatoms. The Bertz CT molecular complexity index is 546. The fourth-order valence-electron chi connectivity index (χ4n) is 1.67. The Kier molecular flexibility index (Phi) is 4.25. The van der Waals surface area contributed by atoms with E-state index in [2.05, 4.69) is 15.3 Å². The van der Waals surface area contributed by atoms with Crippen molar-refractivity contribution in [1.82, 2.24) is 9.97 Å². The summed E-state index contributed by atoms with van der Waals surface area (Å²) in [6.07, 6.45) is 1.44. The molecule has 0 amide bonds. The summed E-state index contributed by atoms with van der Waals surface area (Å²) in [6.45, 7) is 1.14. The van der Waals surface area contributed by atoms with Crippen LogP contribution < -0.4 is 16.0 Å². The van der Waals surface area contributed by atoms with Gasteiger partial charge in [-0.15, -0.1) is 0 Å². The third-order valence-electron chi connectivity index (χ3n) is 2.66. The van der Waals surface area contributed by atoms with Crippen LogP contribution in [0.2, 0.25) is 0 Å². The Hall–Kier alpha value is -2.21. The first-order valence-electron chi connectivity index (χ1n) is 5.96. The van der Waals surface area contributed by atoms with E-state index in [0.29, 0.717) is 30.4 Å². The highest BCUT2D eigenvalue weighted by Gasteiger charge is 2.10. The molecule has 1 heterocycles. The van der Waals surface area contributed by atoms with Crippen molar-refractivity contribution in [2.45, 2.75) is 0 Å². The van der Waals surface area contributed by atoms with Crippen molar-refractivity contribution in [3.8, 4) is 0 Å². The molecule has 0 atom stereocenters. The first-order valence-corrected chi connectivity index (χ1v) is 5.96. The van der Waals surface area contributed by atoms with E-state index in [1.54, 1.807) is 36.2 Å². The third-order valence-corrected chi connectivity index (χ3v) is 2.66. The van der Waals surface area contributed by atoms with Gasteiger partial charge in [-0.1, -0.05) is 12.1 Å². The number of aromatic nitrogens is 2. The van der Waals surface area contributed by atoms with Crippen molar-refractivity contribution >= 4 is 17.3 Å². The highest BCUT2D eigenvalue weighted by Crippen LogP contribution is 2.24. The van der Waals surface area contributed by atoms with Crippen LogP contribution in [0.5, 0.6) is 0 Å². The molecule has 19 heavy (non-hydrogen) atoms. The molecule has 5 nitrogen and oxygen atoms in total. The summed E-state index contributed by atoms with van der Waals surface area (Å²) < 4.78 is 13.7. The average molecular weight is 261 g/mol. The second kappa shape index (κ2) is 6.10. The molecule has 0 unspecified atom stereocenters. The SMILES string of the molecule is CN(c1cc(NCCN)ncn1)c1ccccc1F. The molecule has 3 N–H and O–H groups in total. The Morgan fingerprint density at radius 2 is 2.11 bits per heavy atom. The minimum Gasteiger partial charge on any atom is -0.369 e. The van der Waals surface area contributed by atoms with Crippen LogP contribution in [-0.4, -0.2) is 30.1 Å². The lowest BCUT2D eigenvalue weighted by atomic mass is 10.3. The molecular formula is C13H16FN5. The fraction of sp³-hybridized carbons (Fsp3) is 0.231. The van der Waals surface area contributed by atoms with Crippen molar-refractivity contribution in [1.29, 1.82) is 0 Å². The van der Waals surface area contributed by atoms with E-state index in [4.69, 9.17) is 5.73 Å². The van der Waals surface area contributed by atoms with Crippen LogP contribution in [0.4, 0.5) is 21.7 Å². The number of rotatable bonds is 5. The van der Waals surface area contributed by atoms with Gasteiger partial charge >= 0.3 is 0 Å². The average Bonchev–Trinajstić information content (AvgIpc) is 2.45. The molecular weight excluding hydrogens is 245 g/mol. The maximum absolute atomic E-state index is 13.7. The molecule has 0 saturated heterocycles. The molecule has 2 aromatic rings. The van der Waals surface area contributed by atoms with E-state index < -0.39 is 0 Å². The van der Waals surface area contributed by atoms with E-state index in [-0.39, 0.29) is 5.82 Å². The zero-order valence-electron chi connectivity index (χ0n) is 10.7. The normalized spacial score (nSPS) is 10.3. The van der Waals surface area contributed by atoms with Crippen molar-refractivity contribution in [3.05, 3.63) is 42.5 Å². The van der Waals surface area contributed by atoms with E-state index in [9.17, 15) is 4.39 Å². The van der Waals surface area contributed by atoms with Gasteiger partial charge in [-0.25, -0.2) is 14.4 Å². The summed E-state index contributed by atoms with van der Waals surface area (Å²) in [5, 5.41) is 3.06. The number of anilines is 3. The highest BCUT2D eigenvalue weighted by atomic mass is 19.1. The number of halogens is 1. The summed E-state index contributed by atoms with van der Waals surface area (Å²) in [7, 11) is 1.76. The first-order chi connectivity index (χ1) is 9.22.